The lowest BCUT2D eigenvalue weighted by molar-refractivity contribution is 0.103. The van der Waals surface area contributed by atoms with E-state index in [-0.39, 0.29) is 10.8 Å². The molecule has 0 amide bonds. The van der Waals surface area contributed by atoms with Crippen LogP contribution in [0.4, 0.5) is 5.82 Å². The van der Waals surface area contributed by atoms with Crippen LogP contribution < -0.4 is 5.73 Å². The van der Waals surface area contributed by atoms with Crippen LogP contribution >= 0.6 is 0 Å². The number of hydrogen-bond acceptors (Lipinski definition) is 6. The Kier molecular flexibility index (Phi) is 5.59. The molecule has 2 N–H and O–H groups in total. The summed E-state index contributed by atoms with van der Waals surface area (Å²) in [6.45, 7) is 15.9. The predicted octanol–water partition coefficient (Wildman–Crippen LogP) is 4.40. The number of nitrogens with zero attached hydrogens (tertiary/aromatic N) is 4. The first-order chi connectivity index (χ1) is 13.8. The summed E-state index contributed by atoms with van der Waals surface area (Å²) in [5.74, 6) is 0.174. The summed E-state index contributed by atoms with van der Waals surface area (Å²) in [4.78, 5) is 25.8. The van der Waals surface area contributed by atoms with E-state index in [4.69, 9.17) is 10.2 Å². The molecule has 0 aromatic carbocycles. The lowest BCUT2D eigenvalue weighted by Gasteiger charge is -2.39. The van der Waals surface area contributed by atoms with E-state index in [0.717, 1.165) is 0 Å². The first kappa shape index (κ1) is 22.1. The van der Waals surface area contributed by atoms with Gasteiger partial charge in [0.1, 0.15) is 17.8 Å². The average molecular weight is 426 g/mol. The van der Waals surface area contributed by atoms with Gasteiger partial charge in [-0.3, -0.25) is 4.79 Å². The van der Waals surface area contributed by atoms with E-state index in [1.54, 1.807) is 18.3 Å². The summed E-state index contributed by atoms with van der Waals surface area (Å²) >= 11 is 0. The molecule has 0 aliphatic carbocycles. The Morgan fingerprint density at radius 1 is 1.20 bits per heavy atom. The van der Waals surface area contributed by atoms with Gasteiger partial charge < -0.3 is 14.7 Å². The van der Waals surface area contributed by atoms with Crippen molar-refractivity contribution in [2.24, 2.45) is 0 Å². The Balaban J connectivity index is 2.02. The highest BCUT2D eigenvalue weighted by Crippen LogP contribution is 2.38. The molecule has 7 nitrogen and oxygen atoms in total. The number of nitrogens with two attached hydrogens (primary N) is 1. The quantitative estimate of drug-likeness (QED) is 0.464. The second-order valence-corrected chi connectivity index (χ2v) is 14.6. The van der Waals surface area contributed by atoms with Gasteiger partial charge in [0.2, 0.25) is 0 Å². The summed E-state index contributed by atoms with van der Waals surface area (Å²) in [6.07, 6.45) is 6.58. The van der Waals surface area contributed by atoms with Gasteiger partial charge >= 0.3 is 0 Å². The zero-order valence-electron chi connectivity index (χ0n) is 18.9. The normalized spacial score (nSPS) is 13.0. The molecule has 0 spiro atoms. The van der Waals surface area contributed by atoms with Crippen molar-refractivity contribution in [3.05, 3.63) is 48.2 Å². The number of pyridine rings is 1. The number of aromatic nitrogens is 4. The van der Waals surface area contributed by atoms with Crippen LogP contribution in [0.1, 0.15) is 50.5 Å². The number of ketones is 1. The van der Waals surface area contributed by atoms with Crippen LogP contribution in [-0.2, 0) is 9.96 Å². The van der Waals surface area contributed by atoms with Gasteiger partial charge in [0.25, 0.3) is 0 Å². The average Bonchev–Trinajstić information content (AvgIpc) is 3.06. The zero-order chi connectivity index (χ0) is 22.3. The van der Waals surface area contributed by atoms with Crippen LogP contribution in [0, 0.1) is 0 Å². The molecule has 160 valence electrons. The highest BCUT2D eigenvalue weighted by molar-refractivity contribution is 6.74. The first-order valence-electron chi connectivity index (χ1n) is 10.1. The Bertz CT molecular complexity index is 1080. The third-order valence-electron chi connectivity index (χ3n) is 6.00. The van der Waals surface area contributed by atoms with Gasteiger partial charge in [0.15, 0.2) is 14.1 Å². The van der Waals surface area contributed by atoms with E-state index >= 15 is 0 Å². The van der Waals surface area contributed by atoms with Crippen LogP contribution in [-0.4, -0.2) is 40.2 Å². The van der Waals surface area contributed by atoms with Gasteiger partial charge in [0.05, 0.1) is 17.7 Å². The Labute approximate surface area is 178 Å². The topological polar surface area (TPSA) is 95.9 Å². The minimum Gasteiger partial charge on any atom is -0.414 e. The fourth-order valence-corrected chi connectivity index (χ4v) is 4.14. The number of rotatable bonds is 6. The third kappa shape index (κ3) is 4.15. The molecule has 3 aromatic rings. The van der Waals surface area contributed by atoms with Gasteiger partial charge in [-0.1, -0.05) is 20.8 Å². The van der Waals surface area contributed by atoms with Crippen molar-refractivity contribution < 1.29 is 9.22 Å². The molecule has 30 heavy (non-hydrogen) atoms. The fraction of sp³-hybridized carbons (Fsp3) is 0.455. The predicted molar refractivity (Wildman–Crippen MR) is 122 cm³/mol. The molecule has 0 unspecified atom stereocenters. The van der Waals surface area contributed by atoms with Crippen LogP contribution in [0.5, 0.6) is 0 Å². The molecule has 0 aliphatic heterocycles. The molecule has 3 aromatic heterocycles. The Morgan fingerprint density at radius 2 is 1.90 bits per heavy atom. The van der Waals surface area contributed by atoms with Crippen LogP contribution in [0.3, 0.4) is 0 Å². The van der Waals surface area contributed by atoms with Crippen molar-refractivity contribution in [2.75, 3.05) is 12.3 Å². The van der Waals surface area contributed by atoms with Gasteiger partial charge in [0, 0.05) is 29.5 Å². The highest BCUT2D eigenvalue weighted by Gasteiger charge is 2.39. The zero-order valence-corrected chi connectivity index (χ0v) is 19.9. The second-order valence-electron chi connectivity index (χ2n) is 9.83. The van der Waals surface area contributed by atoms with Crippen molar-refractivity contribution >= 4 is 31.0 Å². The van der Waals surface area contributed by atoms with Crippen molar-refractivity contribution in [1.29, 1.82) is 0 Å². The van der Waals surface area contributed by atoms with Crippen molar-refractivity contribution in [1.82, 2.24) is 19.5 Å². The Morgan fingerprint density at radius 3 is 2.53 bits per heavy atom. The molecule has 0 saturated carbocycles. The third-order valence-corrected chi connectivity index (χ3v) is 10.5. The largest absolute Gasteiger partial charge is 0.414 e. The number of anilines is 1. The van der Waals surface area contributed by atoms with Crippen molar-refractivity contribution in [3.63, 3.8) is 0 Å². The molecular weight excluding hydrogens is 394 g/mol. The summed E-state index contributed by atoms with van der Waals surface area (Å²) in [6, 6.07) is 3.25. The molecule has 0 radical (unpaired) electrons. The van der Waals surface area contributed by atoms with E-state index in [1.807, 2.05) is 10.8 Å². The lowest BCUT2D eigenvalue weighted by Crippen LogP contribution is -2.45. The monoisotopic (exact) mass is 425 g/mol. The van der Waals surface area contributed by atoms with Gasteiger partial charge in [-0.2, -0.15) is 0 Å². The second kappa shape index (κ2) is 7.59. The maximum absolute atomic E-state index is 13.2. The summed E-state index contributed by atoms with van der Waals surface area (Å²) in [5, 5.41) is 0.824. The van der Waals surface area contributed by atoms with E-state index in [0.29, 0.717) is 34.6 Å². The van der Waals surface area contributed by atoms with Crippen molar-refractivity contribution in [2.45, 2.75) is 58.3 Å². The van der Waals surface area contributed by atoms with Gasteiger partial charge in [-0.05, 0) is 44.1 Å². The molecule has 0 saturated heterocycles. The van der Waals surface area contributed by atoms with Crippen LogP contribution in [0.2, 0.25) is 18.1 Å². The summed E-state index contributed by atoms with van der Waals surface area (Å²) in [7, 11) is -1.92. The van der Waals surface area contributed by atoms with Crippen molar-refractivity contribution in [3.8, 4) is 0 Å². The van der Waals surface area contributed by atoms with Gasteiger partial charge in [-0.25, -0.2) is 15.0 Å². The number of carbonyl (C=O) groups excluding carboxylic acids is 1. The van der Waals surface area contributed by atoms with E-state index in [9.17, 15) is 4.79 Å². The maximum Gasteiger partial charge on any atom is 0.195 e. The molecule has 8 heteroatoms. The molecule has 3 rings (SSSR count). The van der Waals surface area contributed by atoms with E-state index in [2.05, 4.69) is 62.7 Å². The number of carbonyl (C=O) groups is 1. The van der Waals surface area contributed by atoms with Crippen LogP contribution in [0.15, 0.2) is 37.1 Å². The molecule has 0 bridgehead atoms. The molecule has 0 atom stereocenters. The highest BCUT2D eigenvalue weighted by atomic mass is 28.4. The molecular formula is C22H31N5O2Si. The molecule has 3 heterocycles. The number of fused-ring (bicyclic) bond motifs is 1. The number of hydrogen-bond donors (Lipinski definition) is 1. The fourth-order valence-electron chi connectivity index (χ4n) is 3.00. The SMILES string of the molecule is CC(C)(CO[Si](C)(C)C(C)(C)C)n1cc(C(=O)c2ccnc(N)c2)c2cncnc21. The summed E-state index contributed by atoms with van der Waals surface area (Å²) in [5.41, 5.74) is 7.10. The van der Waals surface area contributed by atoms with Crippen LogP contribution in [0.25, 0.3) is 11.0 Å². The minimum absolute atomic E-state index is 0.117. The Hall–Kier alpha value is -2.58. The smallest absolute Gasteiger partial charge is 0.195 e. The molecule has 0 aliphatic rings. The van der Waals surface area contributed by atoms with Gasteiger partial charge in [-0.15, -0.1) is 0 Å². The number of nitrogen functional groups attached to an aromatic ring is 1. The first-order valence-corrected chi connectivity index (χ1v) is 13.0. The molecule has 0 fully saturated rings. The minimum atomic E-state index is -1.92. The van der Waals surface area contributed by atoms with E-state index < -0.39 is 13.9 Å². The summed E-state index contributed by atoms with van der Waals surface area (Å²) < 4.78 is 8.52. The van der Waals surface area contributed by atoms with E-state index in [1.165, 1.54) is 12.5 Å². The maximum atomic E-state index is 13.2. The standard InChI is InChI=1S/C22H31N5O2Si/c1-21(2,3)30(6,7)29-13-22(4,5)27-12-17(16-11-24-14-26-20(16)27)19(28)15-8-9-25-18(23)10-15/h8-12,14H,13H2,1-7H3,(H2,23,25). The lowest BCUT2D eigenvalue weighted by atomic mass is 10.1.